The van der Waals surface area contributed by atoms with Crippen LogP contribution in [0.4, 0.5) is 0 Å². The second-order valence-electron chi connectivity index (χ2n) is 3.29. The zero-order valence-electron chi connectivity index (χ0n) is 6.75. The highest BCUT2D eigenvalue weighted by atomic mass is 16.6. The van der Waals surface area contributed by atoms with Crippen molar-refractivity contribution in [2.45, 2.75) is 12.5 Å². The van der Waals surface area contributed by atoms with Gasteiger partial charge < -0.3 is 9.47 Å². The van der Waals surface area contributed by atoms with E-state index in [0.717, 1.165) is 25.4 Å². The maximum absolute atomic E-state index is 5.41. The SMILES string of the molecule is c1cc2c(cc1[C@@H]1CO1)CCO2. The fourth-order valence-corrected chi connectivity index (χ4v) is 1.65. The molecule has 0 aromatic heterocycles. The lowest BCUT2D eigenvalue weighted by Gasteiger charge is -2.00. The van der Waals surface area contributed by atoms with E-state index in [1.54, 1.807) is 0 Å². The number of hydrogen-bond donors (Lipinski definition) is 0. The molecule has 2 nitrogen and oxygen atoms in total. The second kappa shape index (κ2) is 2.23. The first kappa shape index (κ1) is 6.49. The molecule has 0 spiro atoms. The molecule has 0 saturated carbocycles. The fraction of sp³-hybridized carbons (Fsp3) is 0.400. The molecule has 2 aliphatic heterocycles. The molecule has 1 atom stereocenters. The van der Waals surface area contributed by atoms with Gasteiger partial charge in [-0.2, -0.15) is 0 Å². The van der Waals surface area contributed by atoms with Crippen LogP contribution in [-0.4, -0.2) is 13.2 Å². The van der Waals surface area contributed by atoms with E-state index in [-0.39, 0.29) is 0 Å². The first-order valence-electron chi connectivity index (χ1n) is 4.31. The number of hydrogen-bond acceptors (Lipinski definition) is 2. The fourth-order valence-electron chi connectivity index (χ4n) is 1.65. The van der Waals surface area contributed by atoms with Crippen LogP contribution in [0.5, 0.6) is 5.75 Å². The third kappa shape index (κ3) is 0.916. The van der Waals surface area contributed by atoms with Gasteiger partial charge in [0.15, 0.2) is 0 Å². The molecule has 3 rings (SSSR count). The minimum absolute atomic E-state index is 0.371. The molecule has 2 heterocycles. The van der Waals surface area contributed by atoms with Gasteiger partial charge in [0.2, 0.25) is 0 Å². The Morgan fingerprint density at radius 2 is 2.25 bits per heavy atom. The normalized spacial score (nSPS) is 24.8. The summed E-state index contributed by atoms with van der Waals surface area (Å²) in [6.07, 6.45) is 1.42. The first-order valence-corrected chi connectivity index (χ1v) is 4.31. The third-order valence-electron chi connectivity index (χ3n) is 2.42. The van der Waals surface area contributed by atoms with Crippen molar-refractivity contribution in [3.8, 4) is 5.75 Å². The van der Waals surface area contributed by atoms with E-state index in [9.17, 15) is 0 Å². The zero-order chi connectivity index (χ0) is 7.97. The Bertz CT molecular complexity index is 316. The van der Waals surface area contributed by atoms with Crippen LogP contribution in [0.15, 0.2) is 18.2 Å². The van der Waals surface area contributed by atoms with Gasteiger partial charge >= 0.3 is 0 Å². The van der Waals surface area contributed by atoms with Gasteiger partial charge in [-0.1, -0.05) is 6.07 Å². The number of benzene rings is 1. The molecule has 1 aromatic rings. The van der Waals surface area contributed by atoms with Crippen LogP contribution in [-0.2, 0) is 11.2 Å². The highest BCUT2D eigenvalue weighted by Gasteiger charge is 2.26. The molecule has 1 aromatic carbocycles. The topological polar surface area (TPSA) is 21.8 Å². The summed E-state index contributed by atoms with van der Waals surface area (Å²) in [5.74, 6) is 1.06. The zero-order valence-corrected chi connectivity index (χ0v) is 6.75. The van der Waals surface area contributed by atoms with Crippen molar-refractivity contribution in [1.29, 1.82) is 0 Å². The van der Waals surface area contributed by atoms with Gasteiger partial charge in [0.1, 0.15) is 11.9 Å². The van der Waals surface area contributed by atoms with Crippen LogP contribution in [0.3, 0.4) is 0 Å². The van der Waals surface area contributed by atoms with E-state index in [1.165, 1.54) is 11.1 Å². The van der Waals surface area contributed by atoms with Crippen molar-refractivity contribution in [2.24, 2.45) is 0 Å². The number of fused-ring (bicyclic) bond motifs is 1. The molecular weight excluding hydrogens is 152 g/mol. The van der Waals surface area contributed by atoms with E-state index < -0.39 is 0 Å². The second-order valence-corrected chi connectivity index (χ2v) is 3.29. The van der Waals surface area contributed by atoms with Gasteiger partial charge in [0.25, 0.3) is 0 Å². The molecule has 0 amide bonds. The lowest BCUT2D eigenvalue weighted by atomic mass is 10.1. The van der Waals surface area contributed by atoms with Crippen LogP contribution in [0.2, 0.25) is 0 Å². The van der Waals surface area contributed by atoms with Gasteiger partial charge in [0, 0.05) is 6.42 Å². The predicted octanol–water partition coefficient (Wildman–Crippen LogP) is 1.69. The van der Waals surface area contributed by atoms with Crippen molar-refractivity contribution >= 4 is 0 Å². The minimum atomic E-state index is 0.371. The van der Waals surface area contributed by atoms with Gasteiger partial charge in [-0.25, -0.2) is 0 Å². The molecule has 0 bridgehead atoms. The molecular formula is C10H10O2. The Hall–Kier alpha value is -1.02. The smallest absolute Gasteiger partial charge is 0.122 e. The summed E-state index contributed by atoms with van der Waals surface area (Å²) in [6.45, 7) is 1.73. The van der Waals surface area contributed by atoms with Gasteiger partial charge in [0.05, 0.1) is 13.2 Å². The van der Waals surface area contributed by atoms with Crippen LogP contribution < -0.4 is 4.74 Å². The Morgan fingerprint density at radius 1 is 1.33 bits per heavy atom. The molecule has 0 radical (unpaired) electrons. The maximum Gasteiger partial charge on any atom is 0.122 e. The lowest BCUT2D eigenvalue weighted by molar-refractivity contribution is 0.356. The van der Waals surface area contributed by atoms with Crippen molar-refractivity contribution in [1.82, 2.24) is 0 Å². The Morgan fingerprint density at radius 3 is 3.08 bits per heavy atom. The standard InChI is InChI=1S/C10H10O2/c1-2-9-8(3-4-11-9)5-7(1)10-6-12-10/h1-2,5,10H,3-4,6H2/t10-/m0/s1. The van der Waals surface area contributed by atoms with E-state index in [1.807, 2.05) is 0 Å². The van der Waals surface area contributed by atoms with Crippen molar-refractivity contribution in [2.75, 3.05) is 13.2 Å². The summed E-state index contributed by atoms with van der Waals surface area (Å²) >= 11 is 0. The Kier molecular flexibility index (Phi) is 1.21. The molecule has 1 saturated heterocycles. The monoisotopic (exact) mass is 162 g/mol. The molecule has 12 heavy (non-hydrogen) atoms. The molecule has 0 N–H and O–H groups in total. The highest BCUT2D eigenvalue weighted by Crippen LogP contribution is 2.34. The molecule has 0 unspecified atom stereocenters. The Labute approximate surface area is 71.1 Å². The van der Waals surface area contributed by atoms with Gasteiger partial charge in [-0.05, 0) is 23.3 Å². The van der Waals surface area contributed by atoms with Crippen LogP contribution in [0, 0.1) is 0 Å². The minimum Gasteiger partial charge on any atom is -0.493 e. The average Bonchev–Trinajstić information content (AvgIpc) is 2.84. The lowest BCUT2D eigenvalue weighted by Crippen LogP contribution is -1.85. The summed E-state index contributed by atoms with van der Waals surface area (Å²) in [6, 6.07) is 6.36. The number of rotatable bonds is 1. The van der Waals surface area contributed by atoms with E-state index in [2.05, 4.69) is 18.2 Å². The van der Waals surface area contributed by atoms with Crippen molar-refractivity contribution in [3.63, 3.8) is 0 Å². The highest BCUT2D eigenvalue weighted by molar-refractivity contribution is 5.41. The van der Waals surface area contributed by atoms with Crippen molar-refractivity contribution < 1.29 is 9.47 Å². The quantitative estimate of drug-likeness (QED) is 0.586. The van der Waals surface area contributed by atoms with Crippen LogP contribution in [0.1, 0.15) is 17.2 Å². The summed E-state index contributed by atoms with van der Waals surface area (Å²) in [7, 11) is 0. The molecule has 2 aliphatic rings. The summed E-state index contributed by atoms with van der Waals surface area (Å²) in [5.41, 5.74) is 2.64. The maximum atomic E-state index is 5.41. The summed E-state index contributed by atoms with van der Waals surface area (Å²) < 4.78 is 10.6. The number of epoxide rings is 1. The van der Waals surface area contributed by atoms with Gasteiger partial charge in [-0.15, -0.1) is 0 Å². The van der Waals surface area contributed by atoms with E-state index in [0.29, 0.717) is 6.10 Å². The van der Waals surface area contributed by atoms with Crippen LogP contribution >= 0.6 is 0 Å². The predicted molar refractivity (Wildman–Crippen MR) is 44.3 cm³/mol. The van der Waals surface area contributed by atoms with Crippen LogP contribution in [0.25, 0.3) is 0 Å². The summed E-state index contributed by atoms with van der Waals surface area (Å²) in [5, 5.41) is 0. The van der Waals surface area contributed by atoms with E-state index in [4.69, 9.17) is 9.47 Å². The Balaban J connectivity index is 2.03. The number of ether oxygens (including phenoxy) is 2. The molecule has 0 aliphatic carbocycles. The van der Waals surface area contributed by atoms with Gasteiger partial charge in [-0.3, -0.25) is 0 Å². The van der Waals surface area contributed by atoms with Crippen molar-refractivity contribution in [3.05, 3.63) is 29.3 Å². The van der Waals surface area contributed by atoms with E-state index >= 15 is 0 Å². The molecule has 62 valence electrons. The first-order chi connectivity index (χ1) is 5.93. The summed E-state index contributed by atoms with van der Waals surface area (Å²) in [4.78, 5) is 0. The third-order valence-corrected chi connectivity index (χ3v) is 2.42. The largest absolute Gasteiger partial charge is 0.493 e. The molecule has 2 heteroatoms. The average molecular weight is 162 g/mol. The molecule has 1 fully saturated rings.